The van der Waals surface area contributed by atoms with Crippen LogP contribution in [0.15, 0.2) is 0 Å². The first-order valence-electron chi connectivity index (χ1n) is 6.14. The molecule has 0 heterocycles. The third-order valence-electron chi connectivity index (χ3n) is 2.39. The highest BCUT2D eigenvalue weighted by Crippen LogP contribution is 2.11. The quantitative estimate of drug-likeness (QED) is 0.480. The van der Waals surface area contributed by atoms with Crippen LogP contribution < -0.4 is 5.32 Å². The van der Waals surface area contributed by atoms with Gasteiger partial charge in [0.05, 0.1) is 0 Å². The molecule has 1 N–H and O–H groups in total. The van der Waals surface area contributed by atoms with Gasteiger partial charge in [-0.15, -0.1) is 11.6 Å². The lowest BCUT2D eigenvalue weighted by Gasteiger charge is -2.09. The highest BCUT2D eigenvalue weighted by molar-refractivity contribution is 6.30. The van der Waals surface area contributed by atoms with Crippen molar-refractivity contribution in [2.24, 2.45) is 0 Å². The topological polar surface area (TPSA) is 29.1 Å². The average Bonchev–Trinajstić information content (AvgIpc) is 2.25. The summed E-state index contributed by atoms with van der Waals surface area (Å²) in [6.07, 6.45) is 7.82. The zero-order valence-electron chi connectivity index (χ0n) is 10.0. The fourth-order valence-corrected chi connectivity index (χ4v) is 1.65. The number of amides is 1. The lowest BCUT2D eigenvalue weighted by Crippen LogP contribution is -2.31. The highest BCUT2D eigenvalue weighted by Gasteiger charge is 2.13. The first-order chi connectivity index (χ1) is 7.22. The van der Waals surface area contributed by atoms with E-state index in [0.29, 0.717) is 0 Å². The van der Waals surface area contributed by atoms with Crippen LogP contribution in [0.25, 0.3) is 0 Å². The average molecular weight is 234 g/mol. The summed E-state index contributed by atoms with van der Waals surface area (Å²) < 4.78 is 0. The van der Waals surface area contributed by atoms with Gasteiger partial charge in [-0.25, -0.2) is 0 Å². The van der Waals surface area contributed by atoms with E-state index in [0.717, 1.165) is 25.8 Å². The summed E-state index contributed by atoms with van der Waals surface area (Å²) in [7, 11) is 0. The van der Waals surface area contributed by atoms with Gasteiger partial charge in [0, 0.05) is 6.54 Å². The van der Waals surface area contributed by atoms with Gasteiger partial charge in [-0.1, -0.05) is 46.0 Å². The monoisotopic (exact) mass is 233 g/mol. The molecule has 0 aliphatic carbocycles. The Hall–Kier alpha value is -0.240. The SMILES string of the molecule is CCCCCCCC(Cl)C(=O)NCCC. The Bertz CT molecular complexity index is 162. The third kappa shape index (κ3) is 8.73. The number of unbranched alkanes of at least 4 members (excludes halogenated alkanes) is 4. The van der Waals surface area contributed by atoms with E-state index in [1.54, 1.807) is 0 Å². The molecule has 0 aliphatic heterocycles. The van der Waals surface area contributed by atoms with Crippen molar-refractivity contribution in [3.8, 4) is 0 Å². The molecule has 0 radical (unpaired) electrons. The third-order valence-corrected chi connectivity index (χ3v) is 2.81. The van der Waals surface area contributed by atoms with Gasteiger partial charge in [0.2, 0.25) is 5.91 Å². The Morgan fingerprint density at radius 1 is 1.13 bits per heavy atom. The van der Waals surface area contributed by atoms with Gasteiger partial charge >= 0.3 is 0 Å². The van der Waals surface area contributed by atoms with E-state index >= 15 is 0 Å². The van der Waals surface area contributed by atoms with Gasteiger partial charge in [-0.05, 0) is 12.8 Å². The van der Waals surface area contributed by atoms with Crippen LogP contribution in [0.2, 0.25) is 0 Å². The zero-order valence-corrected chi connectivity index (χ0v) is 10.8. The maximum Gasteiger partial charge on any atom is 0.238 e. The molecule has 3 heteroatoms. The normalized spacial score (nSPS) is 12.5. The molecule has 1 unspecified atom stereocenters. The summed E-state index contributed by atoms with van der Waals surface area (Å²) in [5.41, 5.74) is 0. The summed E-state index contributed by atoms with van der Waals surface area (Å²) in [6, 6.07) is 0. The van der Waals surface area contributed by atoms with Gasteiger partial charge in [0.15, 0.2) is 0 Å². The molecular weight excluding hydrogens is 210 g/mol. The lowest BCUT2D eigenvalue weighted by atomic mass is 10.1. The van der Waals surface area contributed by atoms with Crippen LogP contribution in [0.3, 0.4) is 0 Å². The number of carbonyl (C=O) groups excluding carboxylic acids is 1. The molecule has 0 bridgehead atoms. The molecule has 0 fully saturated rings. The van der Waals surface area contributed by atoms with Crippen molar-refractivity contribution in [2.45, 2.75) is 64.2 Å². The number of hydrogen-bond acceptors (Lipinski definition) is 1. The molecule has 0 aromatic heterocycles. The number of nitrogens with one attached hydrogen (secondary N) is 1. The number of halogens is 1. The molecule has 2 nitrogen and oxygen atoms in total. The van der Waals surface area contributed by atoms with E-state index in [4.69, 9.17) is 11.6 Å². The smallest absolute Gasteiger partial charge is 0.238 e. The number of carbonyl (C=O) groups is 1. The lowest BCUT2D eigenvalue weighted by molar-refractivity contribution is -0.120. The summed E-state index contributed by atoms with van der Waals surface area (Å²) in [5.74, 6) is -0.00555. The fraction of sp³-hybridized carbons (Fsp3) is 0.917. The second-order valence-electron chi connectivity index (χ2n) is 3.96. The Morgan fingerprint density at radius 3 is 2.40 bits per heavy atom. The summed E-state index contributed by atoms with van der Waals surface area (Å²) >= 11 is 5.97. The minimum Gasteiger partial charge on any atom is -0.355 e. The predicted molar refractivity (Wildman–Crippen MR) is 66.3 cm³/mol. The molecule has 0 rings (SSSR count). The summed E-state index contributed by atoms with van der Waals surface area (Å²) in [5, 5.41) is 2.48. The van der Waals surface area contributed by atoms with E-state index in [2.05, 4.69) is 12.2 Å². The van der Waals surface area contributed by atoms with Crippen molar-refractivity contribution >= 4 is 17.5 Å². The van der Waals surface area contributed by atoms with Crippen molar-refractivity contribution in [2.75, 3.05) is 6.54 Å². The Morgan fingerprint density at radius 2 is 1.80 bits per heavy atom. The standard InChI is InChI=1S/C12H24ClNO/c1-3-5-6-7-8-9-11(13)12(15)14-10-4-2/h11H,3-10H2,1-2H3,(H,14,15). The molecule has 1 amide bonds. The van der Waals surface area contributed by atoms with Crippen molar-refractivity contribution < 1.29 is 4.79 Å². The molecule has 0 spiro atoms. The zero-order chi connectivity index (χ0) is 11.5. The Balaban J connectivity index is 3.38. The second kappa shape index (κ2) is 10.3. The van der Waals surface area contributed by atoms with Crippen molar-refractivity contribution in [3.63, 3.8) is 0 Å². The van der Waals surface area contributed by atoms with Gasteiger partial charge in [-0.3, -0.25) is 4.79 Å². The van der Waals surface area contributed by atoms with Crippen molar-refractivity contribution in [1.29, 1.82) is 0 Å². The van der Waals surface area contributed by atoms with E-state index in [1.807, 2.05) is 6.92 Å². The van der Waals surface area contributed by atoms with Gasteiger partial charge < -0.3 is 5.32 Å². The van der Waals surface area contributed by atoms with Crippen LogP contribution >= 0.6 is 11.6 Å². The second-order valence-corrected chi connectivity index (χ2v) is 4.49. The molecule has 90 valence electrons. The van der Waals surface area contributed by atoms with Crippen LogP contribution in [0.4, 0.5) is 0 Å². The Labute approximate surface area is 98.8 Å². The minimum atomic E-state index is -0.335. The van der Waals surface area contributed by atoms with Gasteiger partial charge in [0.1, 0.15) is 5.38 Å². The first kappa shape index (κ1) is 14.8. The molecule has 0 saturated carbocycles. The van der Waals surface area contributed by atoms with E-state index in [1.165, 1.54) is 25.7 Å². The molecule has 0 aliphatic rings. The molecule has 0 saturated heterocycles. The first-order valence-corrected chi connectivity index (χ1v) is 6.57. The fourth-order valence-electron chi connectivity index (χ4n) is 1.42. The molecular formula is C12H24ClNO. The highest BCUT2D eigenvalue weighted by atomic mass is 35.5. The minimum absolute atomic E-state index is 0.00555. The van der Waals surface area contributed by atoms with Gasteiger partial charge in [0.25, 0.3) is 0 Å². The molecule has 15 heavy (non-hydrogen) atoms. The number of hydrogen-bond donors (Lipinski definition) is 1. The van der Waals surface area contributed by atoms with E-state index < -0.39 is 0 Å². The van der Waals surface area contributed by atoms with Crippen LogP contribution in [0, 0.1) is 0 Å². The molecule has 0 aromatic rings. The summed E-state index contributed by atoms with van der Waals surface area (Å²) in [4.78, 5) is 11.4. The molecule has 0 aromatic carbocycles. The molecule has 1 atom stereocenters. The van der Waals surface area contributed by atoms with Crippen molar-refractivity contribution in [3.05, 3.63) is 0 Å². The van der Waals surface area contributed by atoms with Crippen LogP contribution in [0.5, 0.6) is 0 Å². The predicted octanol–water partition coefficient (Wildman–Crippen LogP) is 3.48. The van der Waals surface area contributed by atoms with Crippen LogP contribution in [-0.2, 0) is 4.79 Å². The maximum atomic E-state index is 11.4. The van der Waals surface area contributed by atoms with Gasteiger partial charge in [-0.2, -0.15) is 0 Å². The maximum absolute atomic E-state index is 11.4. The van der Waals surface area contributed by atoms with E-state index in [-0.39, 0.29) is 11.3 Å². The number of rotatable bonds is 9. The van der Waals surface area contributed by atoms with Crippen LogP contribution in [-0.4, -0.2) is 17.8 Å². The Kier molecular flexibility index (Phi) is 10.1. The number of alkyl halides is 1. The summed E-state index contributed by atoms with van der Waals surface area (Å²) in [6.45, 7) is 4.97. The van der Waals surface area contributed by atoms with Crippen LogP contribution in [0.1, 0.15) is 58.8 Å². The van der Waals surface area contributed by atoms with E-state index in [9.17, 15) is 4.79 Å². The largest absolute Gasteiger partial charge is 0.355 e. The van der Waals surface area contributed by atoms with Crippen molar-refractivity contribution in [1.82, 2.24) is 5.32 Å².